The second-order valence-electron chi connectivity index (χ2n) is 6.39. The molecule has 7 nitrogen and oxygen atoms in total. The van der Waals surface area contributed by atoms with Crippen LogP contribution in [0.2, 0.25) is 0 Å². The summed E-state index contributed by atoms with van der Waals surface area (Å²) in [5.41, 5.74) is 2.68. The molecule has 0 unspecified atom stereocenters. The summed E-state index contributed by atoms with van der Waals surface area (Å²) in [4.78, 5) is 24.0. The van der Waals surface area contributed by atoms with Gasteiger partial charge in [0.15, 0.2) is 5.78 Å². The number of sulfonamides is 1. The topological polar surface area (TPSA) is 93.9 Å². The van der Waals surface area contributed by atoms with Crippen molar-refractivity contribution < 1.29 is 27.2 Å². The summed E-state index contributed by atoms with van der Waals surface area (Å²) < 4.78 is 35.1. The molecule has 0 saturated heterocycles. The van der Waals surface area contributed by atoms with Crippen LogP contribution in [0.4, 0.5) is 0 Å². The minimum Gasteiger partial charge on any atom is -0.457 e. The first-order valence-electron chi connectivity index (χ1n) is 8.38. The number of furan rings is 1. The SMILES string of the molecule is Cc1ccc(C(=O)CCC(=O)OCc2ccc(S(=O)(=O)N(C)C)o2)cc1C. The Kier molecular flexibility index (Phi) is 6.56. The molecule has 146 valence electrons. The molecule has 0 amide bonds. The summed E-state index contributed by atoms with van der Waals surface area (Å²) in [5, 5.41) is -0.219. The van der Waals surface area contributed by atoms with E-state index in [-0.39, 0.29) is 36.1 Å². The third-order valence-electron chi connectivity index (χ3n) is 4.13. The third-order valence-corrected chi connectivity index (χ3v) is 5.82. The van der Waals surface area contributed by atoms with Crippen molar-refractivity contribution in [2.45, 2.75) is 38.4 Å². The Morgan fingerprint density at radius 2 is 1.74 bits per heavy atom. The van der Waals surface area contributed by atoms with Crippen LogP contribution in [0.25, 0.3) is 0 Å². The van der Waals surface area contributed by atoms with E-state index in [2.05, 4.69) is 0 Å². The van der Waals surface area contributed by atoms with Crippen molar-refractivity contribution in [1.29, 1.82) is 0 Å². The van der Waals surface area contributed by atoms with E-state index in [1.165, 1.54) is 26.2 Å². The maximum atomic E-state index is 12.2. The molecule has 0 aliphatic heterocycles. The van der Waals surface area contributed by atoms with Gasteiger partial charge in [-0.15, -0.1) is 0 Å². The lowest BCUT2D eigenvalue weighted by Gasteiger charge is -2.08. The van der Waals surface area contributed by atoms with E-state index < -0.39 is 16.0 Å². The van der Waals surface area contributed by atoms with Crippen molar-refractivity contribution in [2.24, 2.45) is 0 Å². The van der Waals surface area contributed by atoms with Crippen LogP contribution in [-0.2, 0) is 26.2 Å². The lowest BCUT2D eigenvalue weighted by Crippen LogP contribution is -2.21. The maximum Gasteiger partial charge on any atom is 0.306 e. The normalized spacial score (nSPS) is 11.6. The molecule has 2 rings (SSSR count). The number of aryl methyl sites for hydroxylation is 2. The van der Waals surface area contributed by atoms with Crippen LogP contribution in [0, 0.1) is 13.8 Å². The van der Waals surface area contributed by atoms with Crippen molar-refractivity contribution in [3.05, 3.63) is 52.8 Å². The summed E-state index contributed by atoms with van der Waals surface area (Å²) in [6, 6.07) is 8.16. The predicted molar refractivity (Wildman–Crippen MR) is 98.9 cm³/mol. The average Bonchev–Trinajstić information content (AvgIpc) is 3.09. The monoisotopic (exact) mass is 393 g/mol. The van der Waals surface area contributed by atoms with Gasteiger partial charge in [0.1, 0.15) is 12.4 Å². The van der Waals surface area contributed by atoms with E-state index in [9.17, 15) is 18.0 Å². The zero-order chi connectivity index (χ0) is 20.2. The van der Waals surface area contributed by atoms with E-state index in [1.54, 1.807) is 12.1 Å². The van der Waals surface area contributed by atoms with Gasteiger partial charge in [-0.25, -0.2) is 12.7 Å². The van der Waals surface area contributed by atoms with Crippen LogP contribution in [0.15, 0.2) is 39.8 Å². The number of hydrogen-bond acceptors (Lipinski definition) is 6. The Balaban J connectivity index is 1.85. The Morgan fingerprint density at radius 3 is 2.37 bits per heavy atom. The van der Waals surface area contributed by atoms with E-state index in [0.717, 1.165) is 15.4 Å². The van der Waals surface area contributed by atoms with Gasteiger partial charge >= 0.3 is 5.97 Å². The Labute approximate surface area is 159 Å². The third kappa shape index (κ3) is 5.27. The molecule has 27 heavy (non-hydrogen) atoms. The molecule has 0 saturated carbocycles. The van der Waals surface area contributed by atoms with Crippen molar-refractivity contribution in [3.63, 3.8) is 0 Å². The van der Waals surface area contributed by atoms with Gasteiger partial charge in [0.05, 0.1) is 6.42 Å². The molecule has 0 aliphatic carbocycles. The molecule has 0 aliphatic rings. The standard InChI is InChI=1S/C19H23NO6S/c1-13-5-6-15(11-14(13)2)17(21)8-9-18(22)25-12-16-7-10-19(26-16)27(23,24)20(3)4/h5-7,10-11H,8-9,12H2,1-4H3. The van der Waals surface area contributed by atoms with Crippen LogP contribution in [0.1, 0.15) is 40.1 Å². The van der Waals surface area contributed by atoms with Gasteiger partial charge in [0, 0.05) is 26.1 Å². The number of esters is 1. The van der Waals surface area contributed by atoms with Gasteiger partial charge in [0.2, 0.25) is 5.09 Å². The van der Waals surface area contributed by atoms with Crippen LogP contribution in [-0.4, -0.2) is 38.6 Å². The molecule has 2 aromatic rings. The summed E-state index contributed by atoms with van der Waals surface area (Å²) in [6.07, 6.45) is -0.0188. The lowest BCUT2D eigenvalue weighted by molar-refractivity contribution is -0.145. The second-order valence-corrected chi connectivity index (χ2v) is 8.47. The second kappa shape index (κ2) is 8.49. The molecule has 1 aromatic heterocycles. The number of carbonyl (C=O) groups excluding carboxylic acids is 2. The van der Waals surface area contributed by atoms with Crippen LogP contribution in [0.5, 0.6) is 0 Å². The highest BCUT2D eigenvalue weighted by Crippen LogP contribution is 2.18. The largest absolute Gasteiger partial charge is 0.457 e. The lowest BCUT2D eigenvalue weighted by atomic mass is 10.0. The van der Waals surface area contributed by atoms with E-state index in [4.69, 9.17) is 9.15 Å². The molecule has 0 atom stereocenters. The van der Waals surface area contributed by atoms with Gasteiger partial charge in [0.25, 0.3) is 10.0 Å². The summed E-state index contributed by atoms with van der Waals surface area (Å²) in [7, 11) is -0.886. The van der Waals surface area contributed by atoms with Crippen LogP contribution in [0.3, 0.4) is 0 Å². The number of nitrogens with zero attached hydrogens (tertiary/aromatic N) is 1. The predicted octanol–water partition coefficient (Wildman–Crippen LogP) is 2.85. The molecule has 1 heterocycles. The minimum absolute atomic E-state index is 0.0414. The smallest absolute Gasteiger partial charge is 0.306 e. The van der Waals surface area contributed by atoms with Gasteiger partial charge in [-0.1, -0.05) is 12.1 Å². The number of rotatable bonds is 8. The van der Waals surface area contributed by atoms with Gasteiger partial charge in [-0.05, 0) is 43.2 Å². The zero-order valence-electron chi connectivity index (χ0n) is 15.8. The number of Topliss-reactive ketones (excluding diaryl/α,β-unsaturated/α-hetero) is 1. The Morgan fingerprint density at radius 1 is 1.04 bits per heavy atom. The highest BCUT2D eigenvalue weighted by molar-refractivity contribution is 7.88. The highest BCUT2D eigenvalue weighted by atomic mass is 32.2. The summed E-state index contributed by atoms with van der Waals surface area (Å²) >= 11 is 0. The highest BCUT2D eigenvalue weighted by Gasteiger charge is 2.21. The number of benzene rings is 1. The van der Waals surface area contributed by atoms with E-state index >= 15 is 0 Å². The summed E-state index contributed by atoms with van der Waals surface area (Å²) in [6.45, 7) is 3.69. The number of ether oxygens (including phenoxy) is 1. The molecule has 0 radical (unpaired) electrons. The first-order valence-corrected chi connectivity index (χ1v) is 9.82. The first-order chi connectivity index (χ1) is 12.6. The number of carbonyl (C=O) groups is 2. The summed E-state index contributed by atoms with van der Waals surface area (Å²) in [5.74, 6) is -0.475. The molecular formula is C19H23NO6S. The Hall–Kier alpha value is -2.45. The number of ketones is 1. The fourth-order valence-electron chi connectivity index (χ4n) is 2.25. The molecule has 0 fully saturated rings. The molecule has 0 N–H and O–H groups in total. The Bertz CT molecular complexity index is 943. The quantitative estimate of drug-likeness (QED) is 0.506. The van der Waals surface area contributed by atoms with Gasteiger partial charge in [-0.3, -0.25) is 9.59 Å². The maximum absolute atomic E-state index is 12.2. The fraction of sp³-hybridized carbons (Fsp3) is 0.368. The van der Waals surface area contributed by atoms with E-state index in [0.29, 0.717) is 5.56 Å². The average molecular weight is 393 g/mol. The van der Waals surface area contributed by atoms with Crippen molar-refractivity contribution >= 4 is 21.8 Å². The molecule has 0 bridgehead atoms. The molecular weight excluding hydrogens is 370 g/mol. The zero-order valence-corrected chi connectivity index (χ0v) is 16.6. The van der Waals surface area contributed by atoms with Gasteiger partial charge in [-0.2, -0.15) is 0 Å². The first kappa shape index (κ1) is 20.9. The van der Waals surface area contributed by atoms with Crippen LogP contribution < -0.4 is 0 Å². The van der Waals surface area contributed by atoms with Crippen molar-refractivity contribution in [3.8, 4) is 0 Å². The molecule has 8 heteroatoms. The van der Waals surface area contributed by atoms with Gasteiger partial charge < -0.3 is 9.15 Å². The van der Waals surface area contributed by atoms with E-state index in [1.807, 2.05) is 19.9 Å². The fourth-order valence-corrected chi connectivity index (χ4v) is 3.07. The van der Waals surface area contributed by atoms with Crippen LogP contribution >= 0.6 is 0 Å². The van der Waals surface area contributed by atoms with Crippen molar-refractivity contribution in [2.75, 3.05) is 14.1 Å². The number of hydrogen-bond donors (Lipinski definition) is 0. The molecule has 0 spiro atoms. The van der Waals surface area contributed by atoms with Crippen molar-refractivity contribution in [1.82, 2.24) is 4.31 Å². The molecule has 1 aromatic carbocycles. The minimum atomic E-state index is -3.67.